The summed E-state index contributed by atoms with van der Waals surface area (Å²) in [4.78, 5) is 0. The molecule has 0 aromatic rings. The van der Waals surface area contributed by atoms with E-state index in [1.165, 1.54) is 0 Å². The Kier molecular flexibility index (Phi) is 9770. The van der Waals surface area contributed by atoms with Crippen molar-refractivity contribution in [3.8, 4) is 0 Å². The molecule has 0 aliphatic carbocycles. The Labute approximate surface area is 35.1 Å². The van der Waals surface area contributed by atoms with Crippen molar-refractivity contribution < 1.29 is 28.0 Å². The molecule has 0 unspecified atom stereocenters. The molecule has 0 spiro atoms. The van der Waals surface area contributed by atoms with Gasteiger partial charge in [-0.15, -0.1) is 0 Å². The molecule has 0 amide bonds. The molecule has 0 aliphatic rings. The Balaban J connectivity index is 0. The molecule has 0 saturated heterocycles. The first kappa shape index (κ1) is 319. The van der Waals surface area contributed by atoms with E-state index in [2.05, 4.69) is 0 Å². The topological polar surface area (TPSA) is 95.0 Å². The largest absolute Gasteiger partial charge is 2.00 e. The number of hydrogen-bond donors (Lipinski definition) is 1. The van der Waals surface area contributed by atoms with Crippen molar-refractivity contribution in [2.75, 3.05) is 0 Å². The van der Waals surface area contributed by atoms with Crippen LogP contribution >= 0.6 is 0 Å². The van der Waals surface area contributed by atoms with Gasteiger partial charge in [-0.1, -0.05) is 0 Å². The van der Waals surface area contributed by atoms with Crippen LogP contribution in [-0.2, 0) is 17.1 Å². The molecule has 4 heteroatoms. The first-order valence-electron chi connectivity index (χ1n) is 0. The molecular formula is H5CuNO2. The molecular weight excluding hydrogens is 110 g/mol. The van der Waals surface area contributed by atoms with Gasteiger partial charge in [-0.25, -0.2) is 0 Å². The van der Waals surface area contributed by atoms with Crippen LogP contribution in [0.4, 0.5) is 0 Å². The van der Waals surface area contributed by atoms with Crippen LogP contribution in [0, 0.1) is 0 Å². The fraction of sp³-hybridized carbons (Fsp3) is 0. The van der Waals surface area contributed by atoms with Gasteiger partial charge in [0.15, 0.2) is 0 Å². The predicted molar refractivity (Wildman–Crippen MR) is 8.89 cm³/mol. The molecule has 0 atom stereocenters. The average molecular weight is 115 g/mol. The molecule has 5 N–H and O–H groups in total. The van der Waals surface area contributed by atoms with Crippen LogP contribution in [0.2, 0.25) is 0 Å². The van der Waals surface area contributed by atoms with Crippen LogP contribution in [0.25, 0.3) is 0 Å². The smallest absolute Gasteiger partial charge is 0.870 e. The van der Waals surface area contributed by atoms with Gasteiger partial charge in [0.05, 0.1) is 0 Å². The van der Waals surface area contributed by atoms with Crippen molar-refractivity contribution in [3.63, 3.8) is 0 Å². The van der Waals surface area contributed by atoms with E-state index in [1.54, 1.807) is 0 Å². The van der Waals surface area contributed by atoms with E-state index in [-0.39, 0.29) is 34.2 Å². The van der Waals surface area contributed by atoms with Crippen molar-refractivity contribution in [3.05, 3.63) is 0 Å². The van der Waals surface area contributed by atoms with Crippen molar-refractivity contribution in [2.45, 2.75) is 0 Å². The van der Waals surface area contributed by atoms with E-state index in [4.69, 9.17) is 0 Å². The molecule has 0 aliphatic heterocycles. The van der Waals surface area contributed by atoms with Gasteiger partial charge < -0.3 is 17.1 Å². The Morgan fingerprint density at radius 3 is 0.750 bits per heavy atom. The summed E-state index contributed by atoms with van der Waals surface area (Å²) in [5.41, 5.74) is 0. The third kappa shape index (κ3) is 29.4. The van der Waals surface area contributed by atoms with E-state index in [0.717, 1.165) is 0 Å². The maximum atomic E-state index is 0. The molecule has 33 valence electrons. The molecule has 0 fully saturated rings. The maximum Gasteiger partial charge on any atom is 2.00 e. The fourth-order valence-electron chi connectivity index (χ4n) is 0. The Morgan fingerprint density at radius 2 is 0.750 bits per heavy atom. The predicted octanol–water partition coefficient (Wildman–Crippen LogP) is -0.194. The molecule has 0 bridgehead atoms. The molecule has 0 aromatic carbocycles. The quantitative estimate of drug-likeness (QED) is 0.442. The normalized spacial score (nSPS) is 0. The molecule has 0 aromatic heterocycles. The maximum absolute atomic E-state index is 0. The third-order valence-electron chi connectivity index (χ3n) is 0. The van der Waals surface area contributed by atoms with E-state index in [1.807, 2.05) is 0 Å². The Bertz CT molecular complexity index is 6.00. The minimum atomic E-state index is 0. The summed E-state index contributed by atoms with van der Waals surface area (Å²) in [6.07, 6.45) is 0. The van der Waals surface area contributed by atoms with Crippen molar-refractivity contribution in [1.29, 1.82) is 0 Å². The van der Waals surface area contributed by atoms with E-state index in [0.29, 0.717) is 0 Å². The molecule has 3 nitrogen and oxygen atoms in total. The Morgan fingerprint density at radius 1 is 0.750 bits per heavy atom. The Hall–Kier alpha value is 0.399. The monoisotopic (exact) mass is 114 g/mol. The van der Waals surface area contributed by atoms with Gasteiger partial charge in [0.1, 0.15) is 0 Å². The summed E-state index contributed by atoms with van der Waals surface area (Å²) >= 11 is 0. The second kappa shape index (κ2) is 123. The van der Waals surface area contributed by atoms with Gasteiger partial charge in [-0.05, 0) is 0 Å². The molecule has 0 saturated carbocycles. The van der Waals surface area contributed by atoms with E-state index < -0.39 is 0 Å². The van der Waals surface area contributed by atoms with Crippen LogP contribution in [0.15, 0.2) is 0 Å². The summed E-state index contributed by atoms with van der Waals surface area (Å²) in [6.45, 7) is 0. The average Bonchev–Trinajstić information content (AvgIpc) is 0. The minimum absolute atomic E-state index is 0. The van der Waals surface area contributed by atoms with Crippen LogP contribution in [0.1, 0.15) is 0 Å². The molecule has 1 radical (unpaired) electrons. The van der Waals surface area contributed by atoms with Gasteiger partial charge in [-0.3, -0.25) is 0 Å². The third-order valence-corrected chi connectivity index (χ3v) is 0. The van der Waals surface area contributed by atoms with Crippen molar-refractivity contribution in [1.82, 2.24) is 6.15 Å². The van der Waals surface area contributed by atoms with E-state index in [9.17, 15) is 0 Å². The van der Waals surface area contributed by atoms with Gasteiger partial charge in [0, 0.05) is 0 Å². The zero-order valence-electron chi connectivity index (χ0n) is 1.90. The summed E-state index contributed by atoms with van der Waals surface area (Å²) in [7, 11) is 0. The summed E-state index contributed by atoms with van der Waals surface area (Å²) in [5, 5.41) is 0. The minimum Gasteiger partial charge on any atom is -0.870 e. The van der Waals surface area contributed by atoms with Gasteiger partial charge in [0.2, 0.25) is 0 Å². The second-order valence-corrected chi connectivity index (χ2v) is 0. The number of rotatable bonds is 0. The van der Waals surface area contributed by atoms with Crippen LogP contribution in [0.5, 0.6) is 0 Å². The van der Waals surface area contributed by atoms with Crippen LogP contribution in [0.3, 0.4) is 0 Å². The molecule has 0 rings (SSSR count). The van der Waals surface area contributed by atoms with Gasteiger partial charge in [0.25, 0.3) is 0 Å². The van der Waals surface area contributed by atoms with E-state index >= 15 is 0 Å². The summed E-state index contributed by atoms with van der Waals surface area (Å²) in [5.74, 6) is 0. The van der Waals surface area contributed by atoms with Crippen LogP contribution < -0.4 is 6.15 Å². The zero-order valence-corrected chi connectivity index (χ0v) is 2.84. The first-order chi connectivity index (χ1) is 0. The standard InChI is InChI=1S/Cu.H3N.2H2O/h;1H3;2*1H2/q+2;;;/p-2. The van der Waals surface area contributed by atoms with Crippen LogP contribution in [-0.4, -0.2) is 11.0 Å². The fourth-order valence-corrected chi connectivity index (χ4v) is 0. The molecule has 0 heterocycles. The summed E-state index contributed by atoms with van der Waals surface area (Å²) < 4.78 is 0. The molecule has 4 heavy (non-hydrogen) atoms. The summed E-state index contributed by atoms with van der Waals surface area (Å²) in [6, 6.07) is 0. The first-order valence-corrected chi connectivity index (χ1v) is 0. The second-order valence-electron chi connectivity index (χ2n) is 0. The van der Waals surface area contributed by atoms with Gasteiger partial charge >= 0.3 is 17.1 Å². The SMILES string of the molecule is N.[Cu+2].[OH-].[OH-]. The van der Waals surface area contributed by atoms with Crippen molar-refractivity contribution in [2.24, 2.45) is 0 Å². The zero-order chi connectivity index (χ0) is 0. The van der Waals surface area contributed by atoms with Gasteiger partial charge in [-0.2, -0.15) is 0 Å². The number of hydrogen-bond acceptors (Lipinski definition) is 3. The van der Waals surface area contributed by atoms with Crippen molar-refractivity contribution >= 4 is 0 Å².